The van der Waals surface area contributed by atoms with Gasteiger partial charge in [-0.15, -0.1) is 11.8 Å². The van der Waals surface area contributed by atoms with E-state index in [1.165, 1.54) is 22.2 Å². The van der Waals surface area contributed by atoms with Gasteiger partial charge in [0.2, 0.25) is 0 Å². The SMILES string of the molecule is Cc1ccccc1OCC(=O)Nc1ccccc1SCc1cc(=O)n2cc(Cl)ccc2n1. The van der Waals surface area contributed by atoms with Gasteiger partial charge >= 0.3 is 0 Å². The van der Waals surface area contributed by atoms with E-state index < -0.39 is 0 Å². The molecule has 2 aromatic carbocycles. The average Bonchev–Trinajstić information content (AvgIpc) is 2.78. The molecule has 4 aromatic rings. The largest absolute Gasteiger partial charge is 0.483 e. The molecular formula is C24H20ClN3O3S. The maximum absolute atomic E-state index is 12.4. The lowest BCUT2D eigenvalue weighted by molar-refractivity contribution is -0.118. The molecule has 0 bridgehead atoms. The fraction of sp³-hybridized carbons (Fsp3) is 0.125. The van der Waals surface area contributed by atoms with Gasteiger partial charge in [-0.3, -0.25) is 14.0 Å². The number of carbonyl (C=O) groups excluding carboxylic acids is 1. The number of ether oxygens (including phenoxy) is 1. The molecule has 0 aliphatic heterocycles. The number of hydrogen-bond acceptors (Lipinski definition) is 5. The summed E-state index contributed by atoms with van der Waals surface area (Å²) in [6, 6.07) is 19.9. The van der Waals surface area contributed by atoms with Crippen molar-refractivity contribution < 1.29 is 9.53 Å². The third-order valence-electron chi connectivity index (χ3n) is 4.67. The van der Waals surface area contributed by atoms with Crippen molar-refractivity contribution in [3.8, 4) is 5.75 Å². The van der Waals surface area contributed by atoms with Crippen LogP contribution in [0.1, 0.15) is 11.3 Å². The Morgan fingerprint density at radius 3 is 2.75 bits per heavy atom. The Balaban J connectivity index is 1.43. The van der Waals surface area contributed by atoms with Crippen LogP contribution in [0.4, 0.5) is 5.69 Å². The average molecular weight is 466 g/mol. The highest BCUT2D eigenvalue weighted by Crippen LogP contribution is 2.29. The number of anilines is 1. The van der Waals surface area contributed by atoms with Gasteiger partial charge in [0.25, 0.3) is 11.5 Å². The van der Waals surface area contributed by atoms with Crippen LogP contribution in [0.25, 0.3) is 5.65 Å². The maximum Gasteiger partial charge on any atom is 0.262 e. The van der Waals surface area contributed by atoms with Gasteiger partial charge in [-0.25, -0.2) is 4.98 Å². The number of aromatic nitrogens is 2. The summed E-state index contributed by atoms with van der Waals surface area (Å²) >= 11 is 7.45. The Kier molecular flexibility index (Phi) is 6.78. The number of nitrogens with one attached hydrogen (secondary N) is 1. The first-order valence-electron chi connectivity index (χ1n) is 9.87. The zero-order valence-electron chi connectivity index (χ0n) is 17.2. The standard InChI is InChI=1S/C24H20ClN3O3S/c1-16-6-2-4-8-20(16)31-14-23(29)27-19-7-3-5-9-21(19)32-15-18-12-24(30)28-13-17(25)10-11-22(28)26-18/h2-13H,14-15H2,1H3,(H,27,29). The topological polar surface area (TPSA) is 72.7 Å². The summed E-state index contributed by atoms with van der Waals surface area (Å²) in [5.41, 5.74) is 2.64. The number of aryl methyl sites for hydroxylation is 1. The van der Waals surface area contributed by atoms with Gasteiger partial charge in [0, 0.05) is 22.9 Å². The number of pyridine rings is 1. The Labute approximate surface area is 194 Å². The molecule has 0 unspecified atom stereocenters. The molecule has 0 saturated carbocycles. The molecule has 2 aromatic heterocycles. The minimum Gasteiger partial charge on any atom is -0.483 e. The van der Waals surface area contributed by atoms with E-state index in [4.69, 9.17) is 16.3 Å². The van der Waals surface area contributed by atoms with E-state index in [-0.39, 0.29) is 18.1 Å². The van der Waals surface area contributed by atoms with Crippen molar-refractivity contribution in [1.82, 2.24) is 9.38 Å². The zero-order chi connectivity index (χ0) is 22.5. The van der Waals surface area contributed by atoms with Gasteiger partial charge in [-0.1, -0.05) is 41.9 Å². The summed E-state index contributed by atoms with van der Waals surface area (Å²) in [5.74, 6) is 0.904. The van der Waals surface area contributed by atoms with E-state index in [9.17, 15) is 9.59 Å². The van der Waals surface area contributed by atoms with Crippen LogP contribution >= 0.6 is 23.4 Å². The first-order chi connectivity index (χ1) is 15.5. The van der Waals surface area contributed by atoms with Crippen LogP contribution in [-0.4, -0.2) is 21.9 Å². The minimum absolute atomic E-state index is 0.0879. The van der Waals surface area contributed by atoms with E-state index in [1.54, 1.807) is 18.3 Å². The molecule has 1 N–H and O–H groups in total. The summed E-state index contributed by atoms with van der Waals surface area (Å²) in [6.07, 6.45) is 1.55. The highest BCUT2D eigenvalue weighted by Gasteiger charge is 2.10. The summed E-state index contributed by atoms with van der Waals surface area (Å²) in [7, 11) is 0. The van der Waals surface area contributed by atoms with E-state index in [1.807, 2.05) is 55.5 Å². The van der Waals surface area contributed by atoms with E-state index in [0.29, 0.717) is 33.6 Å². The fourth-order valence-corrected chi connectivity index (χ4v) is 4.16. The number of halogens is 1. The van der Waals surface area contributed by atoms with Gasteiger partial charge in [0.05, 0.1) is 16.4 Å². The number of hydrogen-bond donors (Lipinski definition) is 1. The second kappa shape index (κ2) is 9.89. The number of rotatable bonds is 7. The van der Waals surface area contributed by atoms with Gasteiger partial charge in [0.15, 0.2) is 6.61 Å². The number of amides is 1. The number of carbonyl (C=O) groups is 1. The van der Waals surface area contributed by atoms with Crippen LogP contribution in [0.5, 0.6) is 5.75 Å². The van der Waals surface area contributed by atoms with Crippen molar-refractivity contribution in [2.45, 2.75) is 17.6 Å². The summed E-state index contributed by atoms with van der Waals surface area (Å²) < 4.78 is 7.04. The van der Waals surface area contributed by atoms with Gasteiger partial charge < -0.3 is 10.1 Å². The zero-order valence-corrected chi connectivity index (χ0v) is 18.8. The predicted octanol–water partition coefficient (Wildman–Crippen LogP) is 4.97. The molecule has 6 nitrogen and oxygen atoms in total. The quantitative estimate of drug-likeness (QED) is 0.390. The molecule has 0 atom stereocenters. The fourth-order valence-electron chi connectivity index (χ4n) is 3.10. The van der Waals surface area contributed by atoms with Crippen molar-refractivity contribution in [3.63, 3.8) is 0 Å². The molecule has 0 radical (unpaired) electrons. The Morgan fingerprint density at radius 2 is 1.91 bits per heavy atom. The number of para-hydroxylation sites is 2. The van der Waals surface area contributed by atoms with E-state index in [2.05, 4.69) is 10.3 Å². The lowest BCUT2D eigenvalue weighted by atomic mass is 10.2. The molecule has 8 heteroatoms. The monoisotopic (exact) mass is 465 g/mol. The van der Waals surface area contributed by atoms with Crippen LogP contribution in [0.15, 0.2) is 82.6 Å². The van der Waals surface area contributed by atoms with Crippen LogP contribution < -0.4 is 15.6 Å². The first kappa shape index (κ1) is 21.9. The van der Waals surface area contributed by atoms with Crippen molar-refractivity contribution >= 4 is 40.6 Å². The Hall–Kier alpha value is -3.29. The minimum atomic E-state index is -0.250. The van der Waals surface area contributed by atoms with Crippen molar-refractivity contribution in [2.75, 3.05) is 11.9 Å². The van der Waals surface area contributed by atoms with Crippen molar-refractivity contribution in [1.29, 1.82) is 0 Å². The summed E-state index contributed by atoms with van der Waals surface area (Å²) in [6.45, 7) is 1.84. The predicted molar refractivity (Wildman–Crippen MR) is 128 cm³/mol. The second-order valence-electron chi connectivity index (χ2n) is 7.05. The molecule has 0 aliphatic carbocycles. The van der Waals surface area contributed by atoms with Crippen LogP contribution in [0.3, 0.4) is 0 Å². The molecule has 162 valence electrons. The third kappa shape index (κ3) is 5.30. The van der Waals surface area contributed by atoms with Crippen LogP contribution in [0, 0.1) is 6.92 Å². The number of benzene rings is 2. The summed E-state index contributed by atoms with van der Waals surface area (Å²) in [4.78, 5) is 30.2. The molecule has 0 fully saturated rings. The second-order valence-corrected chi connectivity index (χ2v) is 8.50. The van der Waals surface area contributed by atoms with Crippen LogP contribution in [0.2, 0.25) is 5.02 Å². The lowest BCUT2D eigenvalue weighted by Crippen LogP contribution is -2.20. The molecule has 0 aliphatic rings. The first-order valence-corrected chi connectivity index (χ1v) is 11.2. The van der Waals surface area contributed by atoms with Gasteiger partial charge in [-0.05, 0) is 42.8 Å². The van der Waals surface area contributed by atoms with E-state index in [0.717, 1.165) is 10.5 Å². The third-order valence-corrected chi connectivity index (χ3v) is 6.00. The Bertz CT molecular complexity index is 1340. The molecule has 0 saturated heterocycles. The number of nitrogens with zero attached hydrogens (tertiary/aromatic N) is 2. The number of fused-ring (bicyclic) bond motifs is 1. The van der Waals surface area contributed by atoms with Gasteiger partial charge in [-0.2, -0.15) is 0 Å². The molecule has 2 heterocycles. The molecule has 0 spiro atoms. The molecular weight excluding hydrogens is 446 g/mol. The molecule has 4 rings (SSSR count). The lowest BCUT2D eigenvalue weighted by Gasteiger charge is -2.12. The van der Waals surface area contributed by atoms with Gasteiger partial charge in [0.1, 0.15) is 11.4 Å². The smallest absolute Gasteiger partial charge is 0.262 e. The molecule has 1 amide bonds. The highest BCUT2D eigenvalue weighted by molar-refractivity contribution is 7.98. The highest BCUT2D eigenvalue weighted by atomic mass is 35.5. The van der Waals surface area contributed by atoms with Crippen molar-refractivity contribution in [2.24, 2.45) is 0 Å². The van der Waals surface area contributed by atoms with Crippen LogP contribution in [-0.2, 0) is 10.5 Å². The van der Waals surface area contributed by atoms with Crippen molar-refractivity contribution in [3.05, 3.63) is 99.6 Å². The normalized spacial score (nSPS) is 10.8. The maximum atomic E-state index is 12.4. The molecule has 32 heavy (non-hydrogen) atoms. The summed E-state index contributed by atoms with van der Waals surface area (Å²) in [5, 5.41) is 3.37. The number of thioether (sulfide) groups is 1. The van der Waals surface area contributed by atoms with E-state index >= 15 is 0 Å². The Morgan fingerprint density at radius 1 is 1.12 bits per heavy atom.